The van der Waals surface area contributed by atoms with Crippen LogP contribution >= 0.6 is 0 Å². The SMILES string of the molecule is CS(=O)CC(C)(C)[C@H](NC(=O)OCC1c2ccccc2-c2ccccc21)C(=O)O. The summed E-state index contributed by atoms with van der Waals surface area (Å²) in [4.78, 5) is 24.1. The fourth-order valence-electron chi connectivity index (χ4n) is 3.96. The molecule has 0 aromatic heterocycles. The molecular formula is C22H25NO5S. The molecule has 1 aliphatic rings. The monoisotopic (exact) mass is 415 g/mol. The van der Waals surface area contributed by atoms with Crippen LogP contribution in [0.1, 0.15) is 30.9 Å². The summed E-state index contributed by atoms with van der Waals surface area (Å²) in [7, 11) is -1.20. The van der Waals surface area contributed by atoms with E-state index in [0.717, 1.165) is 22.3 Å². The van der Waals surface area contributed by atoms with Crippen molar-refractivity contribution >= 4 is 22.9 Å². The van der Waals surface area contributed by atoms with E-state index in [4.69, 9.17) is 4.74 Å². The highest BCUT2D eigenvalue weighted by Crippen LogP contribution is 2.44. The number of carbonyl (C=O) groups excluding carboxylic acids is 1. The van der Waals surface area contributed by atoms with Crippen LogP contribution in [0.2, 0.25) is 0 Å². The predicted molar refractivity (Wildman–Crippen MR) is 112 cm³/mol. The number of carbonyl (C=O) groups is 2. The average molecular weight is 416 g/mol. The Bertz CT molecular complexity index is 910. The molecule has 29 heavy (non-hydrogen) atoms. The first kappa shape index (κ1) is 21.0. The van der Waals surface area contributed by atoms with E-state index in [1.54, 1.807) is 13.8 Å². The summed E-state index contributed by atoms with van der Waals surface area (Å²) < 4.78 is 17.0. The molecule has 0 radical (unpaired) electrons. The number of hydrogen-bond donors (Lipinski definition) is 2. The highest BCUT2D eigenvalue weighted by atomic mass is 32.2. The zero-order valence-electron chi connectivity index (χ0n) is 16.7. The van der Waals surface area contributed by atoms with Crippen LogP contribution in [-0.4, -0.2) is 46.0 Å². The van der Waals surface area contributed by atoms with Crippen molar-refractivity contribution in [1.29, 1.82) is 0 Å². The van der Waals surface area contributed by atoms with Crippen LogP contribution in [0.3, 0.4) is 0 Å². The van der Waals surface area contributed by atoms with Crippen molar-refractivity contribution in [2.24, 2.45) is 5.41 Å². The van der Waals surface area contributed by atoms with Gasteiger partial charge in [-0.15, -0.1) is 0 Å². The van der Waals surface area contributed by atoms with Crippen LogP contribution in [-0.2, 0) is 20.3 Å². The van der Waals surface area contributed by atoms with Crippen LogP contribution in [0.5, 0.6) is 0 Å². The van der Waals surface area contributed by atoms with Gasteiger partial charge in [-0.05, 0) is 22.3 Å². The Morgan fingerprint density at radius 3 is 2.10 bits per heavy atom. The number of carboxylic acid groups (broad SMARTS) is 1. The van der Waals surface area contributed by atoms with E-state index in [-0.39, 0.29) is 18.3 Å². The number of aliphatic carboxylic acids is 1. The van der Waals surface area contributed by atoms with Gasteiger partial charge in [0.25, 0.3) is 0 Å². The number of amides is 1. The molecule has 2 aromatic carbocycles. The summed E-state index contributed by atoms with van der Waals surface area (Å²) >= 11 is 0. The zero-order valence-corrected chi connectivity index (χ0v) is 17.5. The van der Waals surface area contributed by atoms with Gasteiger partial charge >= 0.3 is 12.1 Å². The molecule has 0 spiro atoms. The lowest BCUT2D eigenvalue weighted by Gasteiger charge is -2.30. The van der Waals surface area contributed by atoms with E-state index in [0.29, 0.717) is 0 Å². The molecule has 3 rings (SSSR count). The van der Waals surface area contributed by atoms with E-state index >= 15 is 0 Å². The van der Waals surface area contributed by atoms with Crippen LogP contribution < -0.4 is 5.32 Å². The van der Waals surface area contributed by atoms with Gasteiger partial charge < -0.3 is 15.2 Å². The topological polar surface area (TPSA) is 92.7 Å². The van der Waals surface area contributed by atoms with Crippen molar-refractivity contribution in [3.05, 3.63) is 59.7 Å². The zero-order chi connectivity index (χ0) is 21.2. The molecule has 0 fully saturated rings. The normalized spacial score (nSPS) is 15.1. The van der Waals surface area contributed by atoms with Gasteiger partial charge in [-0.2, -0.15) is 0 Å². The number of fused-ring (bicyclic) bond motifs is 3. The molecule has 1 aliphatic carbocycles. The lowest BCUT2D eigenvalue weighted by Crippen LogP contribution is -2.52. The summed E-state index contributed by atoms with van der Waals surface area (Å²) in [5, 5.41) is 12.0. The van der Waals surface area contributed by atoms with E-state index in [1.165, 1.54) is 6.26 Å². The highest BCUT2D eigenvalue weighted by Gasteiger charge is 2.38. The molecule has 0 aliphatic heterocycles. The maximum Gasteiger partial charge on any atom is 0.407 e. The minimum atomic E-state index is -1.21. The molecule has 0 bridgehead atoms. The Morgan fingerprint density at radius 1 is 1.10 bits per heavy atom. The van der Waals surface area contributed by atoms with Crippen molar-refractivity contribution in [2.75, 3.05) is 18.6 Å². The predicted octanol–water partition coefficient (Wildman–Crippen LogP) is 3.38. The summed E-state index contributed by atoms with van der Waals surface area (Å²) in [6.45, 7) is 3.43. The number of hydrogen-bond acceptors (Lipinski definition) is 4. The van der Waals surface area contributed by atoms with Gasteiger partial charge in [0, 0.05) is 34.1 Å². The van der Waals surface area contributed by atoms with Crippen LogP contribution in [0.15, 0.2) is 48.5 Å². The van der Waals surface area contributed by atoms with Gasteiger partial charge in [-0.1, -0.05) is 62.4 Å². The third-order valence-corrected chi connectivity index (χ3v) is 6.36. The highest BCUT2D eigenvalue weighted by molar-refractivity contribution is 7.84. The van der Waals surface area contributed by atoms with Gasteiger partial charge in [-0.25, -0.2) is 9.59 Å². The Morgan fingerprint density at radius 2 is 1.62 bits per heavy atom. The molecule has 7 heteroatoms. The summed E-state index contributed by atoms with van der Waals surface area (Å²) in [5.74, 6) is -1.14. The Hall–Kier alpha value is -2.67. The first-order valence-electron chi connectivity index (χ1n) is 9.35. The number of ether oxygens (including phenoxy) is 1. The average Bonchev–Trinajstić information content (AvgIpc) is 2.97. The Balaban J connectivity index is 1.72. The number of alkyl carbamates (subject to hydrolysis) is 1. The molecule has 1 unspecified atom stereocenters. The molecule has 2 N–H and O–H groups in total. The second kappa shape index (κ2) is 8.37. The number of rotatable bonds is 7. The minimum Gasteiger partial charge on any atom is -0.480 e. The second-order valence-corrected chi connectivity index (χ2v) is 9.38. The number of benzene rings is 2. The van der Waals surface area contributed by atoms with Gasteiger partial charge in [0.2, 0.25) is 0 Å². The lowest BCUT2D eigenvalue weighted by molar-refractivity contribution is -0.142. The van der Waals surface area contributed by atoms with Crippen molar-refractivity contribution in [3.8, 4) is 11.1 Å². The Labute approximate surface area is 172 Å². The summed E-state index contributed by atoms with van der Waals surface area (Å²) in [6, 6.07) is 14.8. The molecule has 2 atom stereocenters. The summed E-state index contributed by atoms with van der Waals surface area (Å²) in [6.07, 6.45) is 0.711. The second-order valence-electron chi connectivity index (χ2n) is 7.95. The van der Waals surface area contributed by atoms with Crippen molar-refractivity contribution in [3.63, 3.8) is 0 Å². The van der Waals surface area contributed by atoms with E-state index in [1.807, 2.05) is 48.5 Å². The first-order valence-corrected chi connectivity index (χ1v) is 11.1. The molecule has 0 saturated carbocycles. The standard InChI is InChI=1S/C22H25NO5S/c1-22(2,13-29(3)27)19(20(24)25)23-21(26)28-12-18-16-10-6-4-8-14(16)15-9-5-7-11-17(15)18/h4-11,18-19H,12-13H2,1-3H3,(H,23,26)(H,24,25)/t19-,29?/m1/s1. The van der Waals surface area contributed by atoms with Gasteiger partial charge in [0.15, 0.2) is 0 Å². The third kappa shape index (κ3) is 4.50. The van der Waals surface area contributed by atoms with Crippen LogP contribution in [0.4, 0.5) is 4.79 Å². The first-order chi connectivity index (χ1) is 13.7. The molecular weight excluding hydrogens is 390 g/mol. The van der Waals surface area contributed by atoms with Gasteiger partial charge in [0.1, 0.15) is 12.6 Å². The molecule has 6 nitrogen and oxygen atoms in total. The largest absolute Gasteiger partial charge is 0.480 e. The molecule has 154 valence electrons. The minimum absolute atomic E-state index is 0.104. The maximum atomic E-state index is 12.4. The third-order valence-electron chi connectivity index (χ3n) is 5.21. The lowest BCUT2D eigenvalue weighted by atomic mass is 9.86. The smallest absolute Gasteiger partial charge is 0.407 e. The van der Waals surface area contributed by atoms with E-state index in [2.05, 4.69) is 5.32 Å². The van der Waals surface area contributed by atoms with E-state index < -0.39 is 34.3 Å². The summed E-state index contributed by atoms with van der Waals surface area (Å²) in [5.41, 5.74) is 3.51. The van der Waals surface area contributed by atoms with Crippen molar-refractivity contribution in [1.82, 2.24) is 5.32 Å². The van der Waals surface area contributed by atoms with Crippen molar-refractivity contribution < 1.29 is 23.6 Å². The van der Waals surface area contributed by atoms with Gasteiger partial charge in [0.05, 0.1) is 0 Å². The number of nitrogens with one attached hydrogen (secondary N) is 1. The molecule has 0 heterocycles. The van der Waals surface area contributed by atoms with Crippen molar-refractivity contribution in [2.45, 2.75) is 25.8 Å². The fourth-order valence-corrected chi connectivity index (χ4v) is 5.17. The maximum absolute atomic E-state index is 12.4. The van der Waals surface area contributed by atoms with Crippen LogP contribution in [0.25, 0.3) is 11.1 Å². The molecule has 0 saturated heterocycles. The molecule has 1 amide bonds. The van der Waals surface area contributed by atoms with E-state index in [9.17, 15) is 18.9 Å². The quantitative estimate of drug-likeness (QED) is 0.723. The van der Waals surface area contributed by atoms with Crippen LogP contribution in [0, 0.1) is 5.41 Å². The molecule has 2 aromatic rings. The fraction of sp³-hybridized carbons (Fsp3) is 0.364. The Kier molecular flexibility index (Phi) is 6.07. The number of carboxylic acids is 1. The van der Waals surface area contributed by atoms with Gasteiger partial charge in [-0.3, -0.25) is 4.21 Å².